The van der Waals surface area contributed by atoms with Crippen LogP contribution in [0.15, 0.2) is 0 Å². The Morgan fingerprint density at radius 3 is 2.60 bits per heavy atom. The number of ether oxygens (including phenoxy) is 1. The molecular weight excluding hydrogens is 214 g/mol. The first-order valence-electron chi connectivity index (χ1n) is 5.48. The fraction of sp³-hybridized carbons (Fsp3) is 0.909. The first-order chi connectivity index (χ1) is 7.15. The predicted molar refractivity (Wildman–Crippen MR) is 63.2 cm³/mol. The van der Waals surface area contributed by atoms with Gasteiger partial charge in [-0.15, -0.1) is 11.6 Å². The molecule has 1 atom stereocenters. The van der Waals surface area contributed by atoms with Crippen LogP contribution in [0.1, 0.15) is 26.7 Å². The highest BCUT2D eigenvalue weighted by Crippen LogP contribution is 2.09. The molecule has 0 fully saturated rings. The number of rotatable bonds is 8. The van der Waals surface area contributed by atoms with E-state index in [1.807, 2.05) is 0 Å². The lowest BCUT2D eigenvalue weighted by Crippen LogP contribution is -2.36. The summed E-state index contributed by atoms with van der Waals surface area (Å²) in [6.45, 7) is 6.01. The van der Waals surface area contributed by atoms with Crippen molar-refractivity contribution in [2.24, 2.45) is 5.92 Å². The number of hydrogen-bond donors (Lipinski definition) is 0. The molecule has 90 valence electrons. The molecule has 0 aliphatic rings. The van der Waals surface area contributed by atoms with Gasteiger partial charge in [0.2, 0.25) is 5.91 Å². The maximum atomic E-state index is 11.8. The second-order valence-electron chi connectivity index (χ2n) is 3.78. The highest BCUT2D eigenvalue weighted by atomic mass is 35.5. The van der Waals surface area contributed by atoms with Gasteiger partial charge in [0.1, 0.15) is 0 Å². The Kier molecular flexibility index (Phi) is 8.82. The quantitative estimate of drug-likeness (QED) is 0.604. The van der Waals surface area contributed by atoms with Crippen LogP contribution in [0.25, 0.3) is 0 Å². The fourth-order valence-electron chi connectivity index (χ4n) is 1.24. The predicted octanol–water partition coefficient (Wildman–Crippen LogP) is 2.14. The average Bonchev–Trinajstić information content (AvgIpc) is 2.23. The van der Waals surface area contributed by atoms with E-state index in [0.717, 1.165) is 6.42 Å². The summed E-state index contributed by atoms with van der Waals surface area (Å²) in [6, 6.07) is 0. The summed E-state index contributed by atoms with van der Waals surface area (Å²) >= 11 is 5.65. The van der Waals surface area contributed by atoms with Gasteiger partial charge in [0, 0.05) is 32.5 Å². The Morgan fingerprint density at radius 1 is 1.47 bits per heavy atom. The zero-order valence-electron chi connectivity index (χ0n) is 9.96. The van der Waals surface area contributed by atoms with Crippen molar-refractivity contribution in [1.82, 2.24) is 4.90 Å². The summed E-state index contributed by atoms with van der Waals surface area (Å²) < 4.78 is 4.96. The summed E-state index contributed by atoms with van der Waals surface area (Å²) in [4.78, 5) is 13.6. The lowest BCUT2D eigenvalue weighted by Gasteiger charge is -2.22. The molecule has 0 aromatic rings. The van der Waals surface area contributed by atoms with Crippen LogP contribution in [0, 0.1) is 5.92 Å². The van der Waals surface area contributed by atoms with Crippen LogP contribution in [-0.4, -0.2) is 43.5 Å². The molecule has 0 aliphatic heterocycles. The Labute approximate surface area is 97.7 Å². The van der Waals surface area contributed by atoms with E-state index in [-0.39, 0.29) is 5.91 Å². The molecule has 0 radical (unpaired) electrons. The molecule has 0 saturated heterocycles. The molecule has 0 saturated carbocycles. The van der Waals surface area contributed by atoms with Crippen LogP contribution in [-0.2, 0) is 9.53 Å². The van der Waals surface area contributed by atoms with E-state index in [1.165, 1.54) is 0 Å². The Bertz CT molecular complexity index is 176. The second kappa shape index (κ2) is 8.98. The van der Waals surface area contributed by atoms with E-state index in [1.54, 1.807) is 12.0 Å². The number of carbonyl (C=O) groups is 1. The van der Waals surface area contributed by atoms with Gasteiger partial charge in [-0.1, -0.05) is 20.3 Å². The number of nitrogens with zero attached hydrogens (tertiary/aromatic N) is 1. The van der Waals surface area contributed by atoms with Gasteiger partial charge in [-0.05, 0) is 5.92 Å². The molecule has 15 heavy (non-hydrogen) atoms. The van der Waals surface area contributed by atoms with Crippen molar-refractivity contribution in [3.63, 3.8) is 0 Å². The molecule has 4 heteroatoms. The van der Waals surface area contributed by atoms with Gasteiger partial charge in [0.05, 0.1) is 6.61 Å². The van der Waals surface area contributed by atoms with Crippen molar-refractivity contribution >= 4 is 17.5 Å². The van der Waals surface area contributed by atoms with Crippen molar-refractivity contribution in [3.05, 3.63) is 0 Å². The zero-order chi connectivity index (χ0) is 11.7. The van der Waals surface area contributed by atoms with E-state index in [9.17, 15) is 4.79 Å². The molecule has 0 N–H and O–H groups in total. The van der Waals surface area contributed by atoms with Crippen LogP contribution in [0.3, 0.4) is 0 Å². The van der Waals surface area contributed by atoms with Gasteiger partial charge in [-0.25, -0.2) is 0 Å². The van der Waals surface area contributed by atoms with Crippen molar-refractivity contribution in [2.75, 3.05) is 32.7 Å². The number of methoxy groups -OCH3 is 1. The van der Waals surface area contributed by atoms with Crippen molar-refractivity contribution in [1.29, 1.82) is 0 Å². The van der Waals surface area contributed by atoms with Crippen molar-refractivity contribution in [3.8, 4) is 0 Å². The number of carbonyl (C=O) groups excluding carboxylic acids is 1. The lowest BCUT2D eigenvalue weighted by atomic mass is 10.0. The summed E-state index contributed by atoms with van der Waals surface area (Å²) in [5.41, 5.74) is 0. The molecule has 0 aromatic heterocycles. The SMILES string of the molecule is CCC(C)CC(=O)N(CCCl)CCOC. The van der Waals surface area contributed by atoms with Gasteiger partial charge in [0.25, 0.3) is 0 Å². The van der Waals surface area contributed by atoms with Crippen LogP contribution < -0.4 is 0 Å². The van der Waals surface area contributed by atoms with Gasteiger partial charge in [-0.2, -0.15) is 0 Å². The second-order valence-corrected chi connectivity index (χ2v) is 4.16. The lowest BCUT2D eigenvalue weighted by molar-refractivity contribution is -0.132. The minimum atomic E-state index is 0.182. The molecule has 0 rings (SSSR count). The molecule has 1 amide bonds. The largest absolute Gasteiger partial charge is 0.383 e. The molecule has 3 nitrogen and oxygen atoms in total. The number of halogens is 1. The third kappa shape index (κ3) is 6.74. The highest BCUT2D eigenvalue weighted by molar-refractivity contribution is 6.18. The summed E-state index contributed by atoms with van der Waals surface area (Å²) in [5, 5.41) is 0. The maximum Gasteiger partial charge on any atom is 0.222 e. The first kappa shape index (κ1) is 14.7. The minimum absolute atomic E-state index is 0.182. The number of hydrogen-bond acceptors (Lipinski definition) is 2. The molecule has 1 unspecified atom stereocenters. The van der Waals surface area contributed by atoms with Crippen molar-refractivity contribution in [2.45, 2.75) is 26.7 Å². The summed E-state index contributed by atoms with van der Waals surface area (Å²) in [5.74, 6) is 1.11. The molecule has 0 aromatic carbocycles. The van der Waals surface area contributed by atoms with Crippen LogP contribution in [0.4, 0.5) is 0 Å². The maximum absolute atomic E-state index is 11.8. The number of amides is 1. The molecule has 0 bridgehead atoms. The van der Waals surface area contributed by atoms with E-state index in [0.29, 0.717) is 37.9 Å². The van der Waals surface area contributed by atoms with E-state index in [2.05, 4.69) is 13.8 Å². The third-order valence-electron chi connectivity index (χ3n) is 2.49. The standard InChI is InChI=1S/C11H22ClNO2/c1-4-10(2)9-11(14)13(6-5-12)7-8-15-3/h10H,4-9H2,1-3H3. The van der Waals surface area contributed by atoms with E-state index >= 15 is 0 Å². The smallest absolute Gasteiger partial charge is 0.222 e. The average molecular weight is 236 g/mol. The molecular formula is C11H22ClNO2. The van der Waals surface area contributed by atoms with Crippen LogP contribution in [0.5, 0.6) is 0 Å². The van der Waals surface area contributed by atoms with Gasteiger partial charge < -0.3 is 9.64 Å². The van der Waals surface area contributed by atoms with Gasteiger partial charge in [0.15, 0.2) is 0 Å². The Hall–Kier alpha value is -0.280. The Balaban J connectivity index is 4.03. The highest BCUT2D eigenvalue weighted by Gasteiger charge is 2.14. The first-order valence-corrected chi connectivity index (χ1v) is 6.01. The zero-order valence-corrected chi connectivity index (χ0v) is 10.7. The minimum Gasteiger partial charge on any atom is -0.383 e. The normalized spacial score (nSPS) is 12.5. The number of alkyl halides is 1. The monoisotopic (exact) mass is 235 g/mol. The molecule has 0 spiro atoms. The van der Waals surface area contributed by atoms with Crippen LogP contribution in [0.2, 0.25) is 0 Å². The van der Waals surface area contributed by atoms with Gasteiger partial charge in [-0.3, -0.25) is 4.79 Å². The van der Waals surface area contributed by atoms with Crippen LogP contribution >= 0.6 is 11.6 Å². The van der Waals surface area contributed by atoms with Gasteiger partial charge >= 0.3 is 0 Å². The molecule has 0 heterocycles. The van der Waals surface area contributed by atoms with E-state index < -0.39 is 0 Å². The fourth-order valence-corrected chi connectivity index (χ4v) is 1.44. The summed E-state index contributed by atoms with van der Waals surface area (Å²) in [7, 11) is 1.64. The van der Waals surface area contributed by atoms with Crippen molar-refractivity contribution < 1.29 is 9.53 Å². The third-order valence-corrected chi connectivity index (χ3v) is 2.66. The molecule has 0 aliphatic carbocycles. The topological polar surface area (TPSA) is 29.5 Å². The van der Waals surface area contributed by atoms with E-state index in [4.69, 9.17) is 16.3 Å². The Morgan fingerprint density at radius 2 is 2.13 bits per heavy atom. The summed E-state index contributed by atoms with van der Waals surface area (Å²) in [6.07, 6.45) is 1.64.